The summed E-state index contributed by atoms with van der Waals surface area (Å²) in [5.41, 5.74) is 12.5. The first-order valence-corrected chi connectivity index (χ1v) is 21.0. The van der Waals surface area contributed by atoms with Crippen molar-refractivity contribution in [1.29, 1.82) is 0 Å². The van der Waals surface area contributed by atoms with Crippen LogP contribution in [0.2, 0.25) is 0 Å². The molecule has 0 N–H and O–H groups in total. The second-order valence-electron chi connectivity index (χ2n) is 15.0. The molecule has 10 aromatic rings. The van der Waals surface area contributed by atoms with E-state index in [9.17, 15) is 0 Å². The van der Waals surface area contributed by atoms with E-state index in [-0.39, 0.29) is 0 Å². The van der Waals surface area contributed by atoms with Gasteiger partial charge in [-0.3, -0.25) is 4.90 Å². The number of furan rings is 1. The van der Waals surface area contributed by atoms with Gasteiger partial charge in [0.15, 0.2) is 17.5 Å². The molecule has 10 rings (SSSR count). The Morgan fingerprint density at radius 3 is 1.48 bits per heavy atom. The van der Waals surface area contributed by atoms with Crippen LogP contribution in [0.4, 0.5) is 11.4 Å². The average Bonchev–Trinajstić information content (AvgIpc) is 3.74. The maximum absolute atomic E-state index is 6.53. The lowest BCUT2D eigenvalue weighted by atomic mass is 9.97. The predicted octanol–water partition coefficient (Wildman–Crippen LogP) is 13.0. The molecule has 298 valence electrons. The Morgan fingerprint density at radius 1 is 0.444 bits per heavy atom. The average molecular weight is 809 g/mol. The van der Waals surface area contributed by atoms with Crippen LogP contribution < -0.4 is 15.5 Å². The van der Waals surface area contributed by atoms with Gasteiger partial charge in [0.05, 0.1) is 11.4 Å². The predicted molar refractivity (Wildman–Crippen MR) is 259 cm³/mol. The van der Waals surface area contributed by atoms with Gasteiger partial charge < -0.3 is 4.42 Å². The Labute approximate surface area is 366 Å². The summed E-state index contributed by atoms with van der Waals surface area (Å²) in [4.78, 5) is 17.2. The van der Waals surface area contributed by atoms with Gasteiger partial charge in [0, 0.05) is 45.0 Å². The lowest BCUT2D eigenvalue weighted by molar-refractivity contribution is 0.575. The molecule has 0 unspecified atom stereocenters. The summed E-state index contributed by atoms with van der Waals surface area (Å²) in [5, 5.41) is 1.72. The quantitative estimate of drug-likeness (QED) is 0.113. The molecular formula is C58H40N4O. The first kappa shape index (κ1) is 38.6. The van der Waals surface area contributed by atoms with Crippen molar-refractivity contribution in [2.24, 2.45) is 0 Å². The number of anilines is 2. The summed E-state index contributed by atoms with van der Waals surface area (Å²) in [6.45, 7) is 1.98. The molecule has 8 aromatic carbocycles. The number of hydrogen-bond donors (Lipinski definition) is 0. The minimum atomic E-state index is 0.545. The molecule has 5 nitrogen and oxygen atoms in total. The molecule has 0 aliphatic carbocycles. The van der Waals surface area contributed by atoms with Crippen molar-refractivity contribution < 1.29 is 4.42 Å². The molecule has 63 heavy (non-hydrogen) atoms. The Bertz CT molecular complexity index is 3280. The largest absolute Gasteiger partial charge is 0.456 e. The van der Waals surface area contributed by atoms with Crippen molar-refractivity contribution in [3.63, 3.8) is 0 Å². The van der Waals surface area contributed by atoms with Gasteiger partial charge in [-0.15, -0.1) is 0 Å². The van der Waals surface area contributed by atoms with Crippen molar-refractivity contribution in [3.05, 3.63) is 223 Å². The summed E-state index contributed by atoms with van der Waals surface area (Å²) < 4.78 is 6.53. The van der Waals surface area contributed by atoms with E-state index in [1.54, 1.807) is 0 Å². The van der Waals surface area contributed by atoms with Gasteiger partial charge in [-0.05, 0) is 71.1 Å². The van der Waals surface area contributed by atoms with E-state index < -0.39 is 0 Å². The van der Waals surface area contributed by atoms with Crippen molar-refractivity contribution in [2.75, 3.05) is 4.90 Å². The Morgan fingerprint density at radius 2 is 0.921 bits per heavy atom. The third kappa shape index (κ3) is 8.05. The van der Waals surface area contributed by atoms with Crippen LogP contribution in [-0.4, -0.2) is 15.0 Å². The second kappa shape index (κ2) is 17.6. The van der Waals surface area contributed by atoms with Crippen molar-refractivity contribution in [1.82, 2.24) is 15.0 Å². The maximum atomic E-state index is 6.53. The second-order valence-corrected chi connectivity index (χ2v) is 15.0. The molecule has 0 fully saturated rings. The molecule has 0 spiro atoms. The molecule has 0 aliphatic rings. The number of hydrogen-bond acceptors (Lipinski definition) is 5. The normalized spacial score (nSPS) is 11.6. The van der Waals surface area contributed by atoms with E-state index in [1.807, 2.05) is 116 Å². The standard InChI is InChI=1S/C58H40N4O/c1-2-53-50(55-51(33-20-36-54(55)63-53)58-60-56(44-28-14-6-15-29-44)59-57(61-58)45-30-16-7-17-31-45)34-21-37-62(52-35-19-18-32-49(52)43-26-12-5-13-27-43)48-39-46(41-22-8-3-9-23-41)38-47(40-48)42-24-10-4-11-25-42/h2-20,22-36,38-40H,1H3/b50-34+,53-2+. The fourth-order valence-electron chi connectivity index (χ4n) is 7.96. The lowest BCUT2D eigenvalue weighted by Crippen LogP contribution is -2.20. The van der Waals surface area contributed by atoms with E-state index in [4.69, 9.17) is 19.4 Å². The highest BCUT2D eigenvalue weighted by molar-refractivity contribution is 5.94. The maximum Gasteiger partial charge on any atom is 0.164 e. The highest BCUT2D eigenvalue weighted by Crippen LogP contribution is 2.39. The number of fused-ring (bicyclic) bond motifs is 1. The first-order valence-electron chi connectivity index (χ1n) is 21.0. The van der Waals surface area contributed by atoms with Crippen LogP contribution in [0.15, 0.2) is 217 Å². The highest BCUT2D eigenvalue weighted by atomic mass is 16.3. The molecule has 0 atom stereocenters. The summed E-state index contributed by atoms with van der Waals surface area (Å²) >= 11 is 0. The third-order valence-electron chi connectivity index (χ3n) is 11.0. The molecule has 5 heteroatoms. The van der Waals surface area contributed by atoms with Crippen LogP contribution in [0.5, 0.6) is 0 Å². The summed E-state index contributed by atoms with van der Waals surface area (Å²) in [7, 11) is 0. The van der Waals surface area contributed by atoms with Gasteiger partial charge in [-0.25, -0.2) is 15.0 Å². The number of benzene rings is 8. The minimum Gasteiger partial charge on any atom is -0.456 e. The van der Waals surface area contributed by atoms with Crippen LogP contribution in [-0.2, 0) is 0 Å². The monoisotopic (exact) mass is 808 g/mol. The van der Waals surface area contributed by atoms with Crippen LogP contribution in [0.1, 0.15) is 6.92 Å². The Balaban J connectivity index is 1.19. The third-order valence-corrected chi connectivity index (χ3v) is 11.0. The van der Waals surface area contributed by atoms with Crippen LogP contribution in [0.25, 0.3) is 90.7 Å². The fourth-order valence-corrected chi connectivity index (χ4v) is 7.96. The smallest absolute Gasteiger partial charge is 0.164 e. The van der Waals surface area contributed by atoms with Gasteiger partial charge in [-0.2, -0.15) is 0 Å². The zero-order chi connectivity index (χ0) is 42.4. The van der Waals surface area contributed by atoms with E-state index in [0.29, 0.717) is 28.5 Å². The van der Waals surface area contributed by atoms with Crippen molar-refractivity contribution >= 4 is 34.5 Å². The fraction of sp³-hybridized carbons (Fsp3) is 0.0172. The number of rotatable bonds is 8. The molecule has 0 aliphatic heterocycles. The molecule has 0 amide bonds. The van der Waals surface area contributed by atoms with Crippen molar-refractivity contribution in [3.8, 4) is 79.5 Å². The zero-order valence-corrected chi connectivity index (χ0v) is 34.6. The molecule has 0 saturated carbocycles. The number of aromatic nitrogens is 3. The minimum absolute atomic E-state index is 0.545. The molecule has 2 aromatic heterocycles. The SMILES string of the molecule is C/C=c1/oc2cccc(-c3nc(-c4ccccc4)nc(-c4ccccc4)n3)c2/c1=C/C#CN(c1cc(-c2ccccc2)cc(-c2ccccc2)c1)c1ccccc1-c1ccccc1. The lowest BCUT2D eigenvalue weighted by Gasteiger charge is -2.23. The van der Waals surface area contributed by atoms with E-state index in [0.717, 1.165) is 72.1 Å². The topological polar surface area (TPSA) is 55.1 Å². The van der Waals surface area contributed by atoms with Gasteiger partial charge >= 0.3 is 0 Å². The van der Waals surface area contributed by atoms with E-state index >= 15 is 0 Å². The molecule has 2 heterocycles. The Kier molecular flexibility index (Phi) is 10.8. The molecular weight excluding hydrogens is 769 g/mol. The highest BCUT2D eigenvalue weighted by Gasteiger charge is 2.18. The number of nitrogens with zero attached hydrogens (tertiary/aromatic N) is 4. The number of para-hydroxylation sites is 1. The van der Waals surface area contributed by atoms with E-state index in [2.05, 4.69) is 132 Å². The molecule has 0 radical (unpaired) electrons. The first-order chi connectivity index (χ1) is 31.2. The molecule has 0 saturated heterocycles. The Hall–Kier alpha value is -8.59. The van der Waals surface area contributed by atoms with Crippen molar-refractivity contribution in [2.45, 2.75) is 6.92 Å². The molecule has 0 bridgehead atoms. The van der Waals surface area contributed by atoms with E-state index in [1.165, 1.54) is 0 Å². The van der Waals surface area contributed by atoms with Crippen LogP contribution in [0, 0.1) is 12.0 Å². The van der Waals surface area contributed by atoms with Gasteiger partial charge in [0.25, 0.3) is 0 Å². The van der Waals surface area contributed by atoms with Crippen LogP contribution in [0.3, 0.4) is 0 Å². The summed E-state index contributed by atoms with van der Waals surface area (Å²) in [5.74, 6) is 5.25. The summed E-state index contributed by atoms with van der Waals surface area (Å²) in [6.07, 6.45) is 3.94. The van der Waals surface area contributed by atoms with Crippen LogP contribution >= 0.6 is 0 Å². The summed E-state index contributed by atoms with van der Waals surface area (Å²) in [6, 6.07) is 76.3. The van der Waals surface area contributed by atoms with Gasteiger partial charge in [0.2, 0.25) is 0 Å². The van der Waals surface area contributed by atoms with Gasteiger partial charge in [-0.1, -0.05) is 188 Å². The van der Waals surface area contributed by atoms with Gasteiger partial charge in [0.1, 0.15) is 11.0 Å². The zero-order valence-electron chi connectivity index (χ0n) is 34.6.